The SMILES string of the molecule is CC(C)CCCCN1C(=O)C2CCCCN2C(=O)C1C. The molecule has 2 amide bonds. The maximum absolute atomic E-state index is 12.6. The molecule has 0 aliphatic carbocycles. The fourth-order valence-corrected chi connectivity index (χ4v) is 3.35. The standard InChI is InChI=1S/C16H28N2O2/c1-12(2)8-4-6-10-17-13(3)15(19)18-11-7-5-9-14(18)16(17)20/h12-14H,4-11H2,1-3H3. The molecule has 0 N–H and O–H groups in total. The molecule has 2 saturated heterocycles. The van der Waals surface area contributed by atoms with Crippen molar-refractivity contribution in [3.63, 3.8) is 0 Å². The zero-order valence-corrected chi connectivity index (χ0v) is 13.1. The topological polar surface area (TPSA) is 40.6 Å². The third kappa shape index (κ3) is 3.15. The molecule has 0 bridgehead atoms. The van der Waals surface area contributed by atoms with Crippen LogP contribution in [0.15, 0.2) is 0 Å². The van der Waals surface area contributed by atoms with Gasteiger partial charge in [0.2, 0.25) is 11.8 Å². The molecule has 0 radical (unpaired) electrons. The molecule has 0 spiro atoms. The van der Waals surface area contributed by atoms with E-state index in [9.17, 15) is 9.59 Å². The molecule has 0 aromatic rings. The van der Waals surface area contributed by atoms with Crippen molar-refractivity contribution in [3.8, 4) is 0 Å². The lowest BCUT2D eigenvalue weighted by molar-refractivity contribution is -0.162. The highest BCUT2D eigenvalue weighted by molar-refractivity contribution is 5.96. The van der Waals surface area contributed by atoms with E-state index in [-0.39, 0.29) is 23.9 Å². The third-order valence-electron chi connectivity index (χ3n) is 4.61. The molecule has 2 aliphatic heterocycles. The number of piperazine rings is 1. The Kier molecular flexibility index (Phi) is 5.06. The molecular formula is C16H28N2O2. The predicted octanol–water partition coefficient (Wildman–Crippen LogP) is 2.42. The first kappa shape index (κ1) is 15.3. The summed E-state index contributed by atoms with van der Waals surface area (Å²) in [4.78, 5) is 28.6. The van der Waals surface area contributed by atoms with Crippen LogP contribution in [-0.2, 0) is 9.59 Å². The van der Waals surface area contributed by atoms with E-state index in [0.717, 1.165) is 45.2 Å². The van der Waals surface area contributed by atoms with Gasteiger partial charge in [-0.15, -0.1) is 0 Å². The molecule has 0 aromatic carbocycles. The fourth-order valence-electron chi connectivity index (χ4n) is 3.35. The number of hydrogen-bond acceptors (Lipinski definition) is 2. The maximum Gasteiger partial charge on any atom is 0.246 e. The number of carbonyl (C=O) groups excluding carboxylic acids is 2. The number of carbonyl (C=O) groups is 2. The van der Waals surface area contributed by atoms with Gasteiger partial charge in [0.25, 0.3) is 0 Å². The van der Waals surface area contributed by atoms with Crippen molar-refractivity contribution in [2.45, 2.75) is 71.4 Å². The number of amides is 2. The fraction of sp³-hybridized carbons (Fsp3) is 0.875. The Morgan fingerprint density at radius 2 is 1.90 bits per heavy atom. The lowest BCUT2D eigenvalue weighted by Crippen LogP contribution is -2.65. The lowest BCUT2D eigenvalue weighted by Gasteiger charge is -2.46. The van der Waals surface area contributed by atoms with Crippen molar-refractivity contribution in [2.24, 2.45) is 5.92 Å². The van der Waals surface area contributed by atoms with Crippen LogP contribution in [0.25, 0.3) is 0 Å². The molecule has 2 fully saturated rings. The summed E-state index contributed by atoms with van der Waals surface area (Å²) < 4.78 is 0. The first-order chi connectivity index (χ1) is 9.52. The molecule has 4 nitrogen and oxygen atoms in total. The van der Waals surface area contributed by atoms with E-state index in [0.29, 0.717) is 5.92 Å². The molecule has 20 heavy (non-hydrogen) atoms. The normalized spacial score (nSPS) is 27.2. The summed E-state index contributed by atoms with van der Waals surface area (Å²) in [5.74, 6) is 1.04. The summed E-state index contributed by atoms with van der Waals surface area (Å²) in [6.07, 6.45) is 6.29. The summed E-state index contributed by atoms with van der Waals surface area (Å²) in [6, 6.07) is -0.437. The number of nitrogens with zero attached hydrogens (tertiary/aromatic N) is 2. The minimum atomic E-state index is -0.268. The second-order valence-corrected chi connectivity index (χ2v) is 6.64. The van der Waals surface area contributed by atoms with Crippen molar-refractivity contribution < 1.29 is 9.59 Å². The molecule has 0 saturated carbocycles. The largest absolute Gasteiger partial charge is 0.329 e. The molecule has 4 heteroatoms. The monoisotopic (exact) mass is 280 g/mol. The van der Waals surface area contributed by atoms with Gasteiger partial charge < -0.3 is 9.80 Å². The van der Waals surface area contributed by atoms with Gasteiger partial charge in [-0.3, -0.25) is 9.59 Å². The van der Waals surface area contributed by atoms with E-state index < -0.39 is 0 Å². The van der Waals surface area contributed by atoms with Crippen LogP contribution in [0.4, 0.5) is 0 Å². The van der Waals surface area contributed by atoms with Crippen molar-refractivity contribution >= 4 is 11.8 Å². The van der Waals surface area contributed by atoms with Crippen LogP contribution < -0.4 is 0 Å². The zero-order valence-electron chi connectivity index (χ0n) is 13.1. The van der Waals surface area contributed by atoms with Gasteiger partial charge in [-0.05, 0) is 38.5 Å². The Bertz CT molecular complexity index is 367. The van der Waals surface area contributed by atoms with Gasteiger partial charge in [-0.1, -0.05) is 26.7 Å². The van der Waals surface area contributed by atoms with Crippen LogP contribution >= 0.6 is 0 Å². The second kappa shape index (κ2) is 6.59. The highest BCUT2D eigenvalue weighted by Crippen LogP contribution is 2.26. The molecular weight excluding hydrogens is 252 g/mol. The molecule has 2 heterocycles. The quantitative estimate of drug-likeness (QED) is 0.726. The molecule has 2 unspecified atom stereocenters. The Morgan fingerprint density at radius 1 is 1.15 bits per heavy atom. The van der Waals surface area contributed by atoms with Gasteiger partial charge >= 0.3 is 0 Å². The van der Waals surface area contributed by atoms with Gasteiger partial charge in [0, 0.05) is 13.1 Å². The zero-order chi connectivity index (χ0) is 14.7. The van der Waals surface area contributed by atoms with Gasteiger partial charge in [-0.25, -0.2) is 0 Å². The van der Waals surface area contributed by atoms with Crippen molar-refractivity contribution in [3.05, 3.63) is 0 Å². The highest BCUT2D eigenvalue weighted by atomic mass is 16.2. The minimum absolute atomic E-state index is 0.151. The van der Waals surface area contributed by atoms with Crippen LogP contribution in [-0.4, -0.2) is 46.8 Å². The molecule has 0 aromatic heterocycles. The summed E-state index contributed by atoms with van der Waals surface area (Å²) in [6.45, 7) is 7.83. The Labute approximate surface area is 122 Å². The Morgan fingerprint density at radius 3 is 2.60 bits per heavy atom. The first-order valence-corrected chi connectivity index (χ1v) is 8.13. The van der Waals surface area contributed by atoms with E-state index in [4.69, 9.17) is 0 Å². The average molecular weight is 280 g/mol. The van der Waals surface area contributed by atoms with Crippen LogP contribution in [0.2, 0.25) is 0 Å². The van der Waals surface area contributed by atoms with Gasteiger partial charge in [0.1, 0.15) is 12.1 Å². The summed E-state index contributed by atoms with van der Waals surface area (Å²) in [5, 5.41) is 0. The molecule has 2 rings (SSSR count). The summed E-state index contributed by atoms with van der Waals surface area (Å²) in [5.41, 5.74) is 0. The second-order valence-electron chi connectivity index (χ2n) is 6.64. The highest BCUT2D eigenvalue weighted by Gasteiger charge is 2.44. The van der Waals surface area contributed by atoms with E-state index in [2.05, 4.69) is 13.8 Å². The van der Waals surface area contributed by atoms with Gasteiger partial charge in [0.05, 0.1) is 0 Å². The molecule has 114 valence electrons. The van der Waals surface area contributed by atoms with Crippen molar-refractivity contribution in [1.29, 1.82) is 0 Å². The number of rotatable bonds is 5. The average Bonchev–Trinajstić information content (AvgIpc) is 2.44. The van der Waals surface area contributed by atoms with Crippen LogP contribution in [0, 0.1) is 5.92 Å². The van der Waals surface area contributed by atoms with E-state index in [1.807, 2.05) is 16.7 Å². The van der Waals surface area contributed by atoms with E-state index in [1.165, 1.54) is 6.42 Å². The maximum atomic E-state index is 12.6. The number of hydrogen-bond donors (Lipinski definition) is 0. The van der Waals surface area contributed by atoms with Crippen LogP contribution in [0.5, 0.6) is 0 Å². The molecule has 2 aliphatic rings. The summed E-state index contributed by atoms with van der Waals surface area (Å²) in [7, 11) is 0. The van der Waals surface area contributed by atoms with Gasteiger partial charge in [0.15, 0.2) is 0 Å². The molecule has 2 atom stereocenters. The first-order valence-electron chi connectivity index (χ1n) is 8.13. The predicted molar refractivity (Wildman–Crippen MR) is 79.2 cm³/mol. The van der Waals surface area contributed by atoms with E-state index in [1.54, 1.807) is 0 Å². The Hall–Kier alpha value is -1.06. The smallest absolute Gasteiger partial charge is 0.246 e. The summed E-state index contributed by atoms with van der Waals surface area (Å²) >= 11 is 0. The van der Waals surface area contributed by atoms with Gasteiger partial charge in [-0.2, -0.15) is 0 Å². The lowest BCUT2D eigenvalue weighted by atomic mass is 9.95. The Balaban J connectivity index is 1.94. The van der Waals surface area contributed by atoms with Crippen molar-refractivity contribution in [2.75, 3.05) is 13.1 Å². The number of unbranched alkanes of at least 4 members (excludes halogenated alkanes) is 1. The third-order valence-corrected chi connectivity index (χ3v) is 4.61. The number of piperidine rings is 1. The van der Waals surface area contributed by atoms with Crippen LogP contribution in [0.1, 0.15) is 59.3 Å². The van der Waals surface area contributed by atoms with Crippen LogP contribution in [0.3, 0.4) is 0 Å². The number of fused-ring (bicyclic) bond motifs is 1. The van der Waals surface area contributed by atoms with Crippen molar-refractivity contribution in [1.82, 2.24) is 9.80 Å². The van der Waals surface area contributed by atoms with E-state index >= 15 is 0 Å². The minimum Gasteiger partial charge on any atom is -0.329 e.